The molecule has 0 aliphatic carbocycles. The minimum absolute atomic E-state index is 0.224. The first kappa shape index (κ1) is 11.9. The van der Waals surface area contributed by atoms with Crippen LogP contribution in [0.5, 0.6) is 0 Å². The number of hydrogen-bond acceptors (Lipinski definition) is 3. The molecule has 1 unspecified atom stereocenters. The Balaban J connectivity index is 2.08. The maximum atomic E-state index is 13.0. The largest absolute Gasteiger partial charge is 0.439 e. The second kappa shape index (κ2) is 4.33. The summed E-state index contributed by atoms with van der Waals surface area (Å²) >= 11 is 0. The lowest BCUT2D eigenvalue weighted by Gasteiger charge is -2.18. The molecule has 1 N–H and O–H groups in total. The highest BCUT2D eigenvalue weighted by Crippen LogP contribution is 2.23. The topological polar surface area (TPSA) is 49.8 Å². The van der Waals surface area contributed by atoms with Gasteiger partial charge in [0.25, 0.3) is 0 Å². The monoisotopic (exact) mass is 239 g/mol. The summed E-state index contributed by atoms with van der Waals surface area (Å²) in [6.07, 6.45) is -0.481. The highest BCUT2D eigenvalue weighted by Gasteiger charge is 2.40. The van der Waals surface area contributed by atoms with Crippen molar-refractivity contribution in [1.29, 1.82) is 0 Å². The van der Waals surface area contributed by atoms with Gasteiger partial charge in [-0.15, -0.1) is 0 Å². The summed E-state index contributed by atoms with van der Waals surface area (Å²) in [5.41, 5.74) is -0.158. The van der Waals surface area contributed by atoms with Crippen LogP contribution in [0.25, 0.3) is 0 Å². The van der Waals surface area contributed by atoms with Crippen LogP contribution in [0.1, 0.15) is 12.5 Å². The van der Waals surface area contributed by atoms with Crippen molar-refractivity contribution in [3.63, 3.8) is 0 Å². The molecule has 17 heavy (non-hydrogen) atoms. The predicted molar refractivity (Wildman–Crippen MR) is 58.8 cm³/mol. The molecular weight excluding hydrogens is 225 g/mol. The fourth-order valence-electron chi connectivity index (χ4n) is 1.83. The molecule has 92 valence electrons. The summed E-state index contributed by atoms with van der Waals surface area (Å²) in [4.78, 5) is 13.0. The molecule has 0 radical (unpaired) electrons. The third-order valence-corrected chi connectivity index (χ3v) is 2.71. The number of rotatable bonds is 3. The summed E-state index contributed by atoms with van der Waals surface area (Å²) in [7, 11) is 0. The van der Waals surface area contributed by atoms with E-state index in [0.717, 1.165) is 0 Å². The molecule has 1 heterocycles. The number of aliphatic hydroxyl groups is 1. The molecule has 0 saturated carbocycles. The number of ether oxygens (including phenoxy) is 1. The van der Waals surface area contributed by atoms with E-state index < -0.39 is 11.7 Å². The zero-order valence-corrected chi connectivity index (χ0v) is 9.52. The maximum Gasteiger partial charge on any atom is 0.410 e. The average Bonchev–Trinajstić information content (AvgIpc) is 2.55. The molecule has 1 aliphatic rings. The van der Waals surface area contributed by atoms with Gasteiger partial charge in [-0.1, -0.05) is 12.1 Å². The third kappa shape index (κ3) is 2.55. The second-order valence-electron chi connectivity index (χ2n) is 4.46. The molecule has 4 nitrogen and oxygen atoms in total. The standard InChI is InChI=1S/C12H14FNO3/c1-12(8-15)7-14(11(16)17-12)6-9-3-2-4-10(13)5-9/h2-5,15H,6-8H2,1H3. The zero-order valence-electron chi connectivity index (χ0n) is 9.52. The van der Waals surface area contributed by atoms with Crippen LogP contribution in [0.15, 0.2) is 24.3 Å². The Labute approximate surface area is 98.6 Å². The van der Waals surface area contributed by atoms with Crippen molar-refractivity contribution < 1.29 is 19.0 Å². The van der Waals surface area contributed by atoms with E-state index in [1.807, 2.05) is 0 Å². The van der Waals surface area contributed by atoms with Crippen molar-refractivity contribution in [2.45, 2.75) is 19.1 Å². The van der Waals surface area contributed by atoms with E-state index in [-0.39, 0.29) is 19.0 Å². The number of cyclic esters (lactones) is 1. The molecule has 1 amide bonds. The minimum atomic E-state index is -0.857. The Bertz CT molecular complexity index is 438. The second-order valence-corrected chi connectivity index (χ2v) is 4.46. The number of aliphatic hydroxyl groups excluding tert-OH is 1. The summed E-state index contributed by atoms with van der Waals surface area (Å²) in [6.45, 7) is 2.03. The number of hydrogen-bond donors (Lipinski definition) is 1. The van der Waals surface area contributed by atoms with Gasteiger partial charge in [-0.3, -0.25) is 4.90 Å². The molecule has 0 aromatic heterocycles. The molecule has 1 aliphatic heterocycles. The van der Waals surface area contributed by atoms with Gasteiger partial charge in [-0.2, -0.15) is 0 Å². The lowest BCUT2D eigenvalue weighted by Crippen LogP contribution is -2.34. The van der Waals surface area contributed by atoms with Gasteiger partial charge >= 0.3 is 6.09 Å². The molecule has 2 rings (SSSR count). The van der Waals surface area contributed by atoms with E-state index in [1.165, 1.54) is 17.0 Å². The van der Waals surface area contributed by atoms with Crippen molar-refractivity contribution in [2.24, 2.45) is 0 Å². The Kier molecular flexibility index (Phi) is 3.02. The van der Waals surface area contributed by atoms with Gasteiger partial charge in [0.2, 0.25) is 0 Å². The fraction of sp³-hybridized carbons (Fsp3) is 0.417. The van der Waals surface area contributed by atoms with E-state index in [9.17, 15) is 9.18 Å². The van der Waals surface area contributed by atoms with Crippen molar-refractivity contribution >= 4 is 6.09 Å². The van der Waals surface area contributed by atoms with Crippen LogP contribution in [0.3, 0.4) is 0 Å². The average molecular weight is 239 g/mol. The van der Waals surface area contributed by atoms with E-state index >= 15 is 0 Å². The van der Waals surface area contributed by atoms with Crippen LogP contribution in [0.4, 0.5) is 9.18 Å². The first-order valence-electron chi connectivity index (χ1n) is 5.36. The summed E-state index contributed by atoms with van der Waals surface area (Å²) in [6, 6.07) is 6.06. The van der Waals surface area contributed by atoms with E-state index in [0.29, 0.717) is 12.1 Å². The van der Waals surface area contributed by atoms with Gasteiger partial charge in [-0.25, -0.2) is 9.18 Å². The molecule has 1 fully saturated rings. The normalized spacial score (nSPS) is 23.9. The molecule has 1 aromatic carbocycles. The zero-order chi connectivity index (χ0) is 12.5. The predicted octanol–water partition coefficient (Wildman–Crippen LogP) is 1.53. The van der Waals surface area contributed by atoms with Crippen molar-refractivity contribution in [3.8, 4) is 0 Å². The van der Waals surface area contributed by atoms with Crippen LogP contribution in [-0.2, 0) is 11.3 Å². The van der Waals surface area contributed by atoms with Crippen molar-refractivity contribution in [1.82, 2.24) is 4.90 Å². The van der Waals surface area contributed by atoms with Gasteiger partial charge in [0.1, 0.15) is 5.82 Å². The molecular formula is C12H14FNO3. The molecule has 5 heteroatoms. The summed E-state index contributed by atoms with van der Waals surface area (Å²) < 4.78 is 18.0. The van der Waals surface area contributed by atoms with Gasteiger partial charge < -0.3 is 9.84 Å². The van der Waals surface area contributed by atoms with Gasteiger partial charge in [0.15, 0.2) is 5.60 Å². The van der Waals surface area contributed by atoms with Crippen LogP contribution >= 0.6 is 0 Å². The van der Waals surface area contributed by atoms with Crippen LogP contribution in [0.2, 0.25) is 0 Å². The Morgan fingerprint density at radius 1 is 1.59 bits per heavy atom. The molecule has 1 atom stereocenters. The highest BCUT2D eigenvalue weighted by molar-refractivity contribution is 5.70. The Morgan fingerprint density at radius 2 is 2.35 bits per heavy atom. The van der Waals surface area contributed by atoms with Crippen molar-refractivity contribution in [3.05, 3.63) is 35.6 Å². The van der Waals surface area contributed by atoms with E-state index in [1.54, 1.807) is 19.1 Å². The first-order valence-corrected chi connectivity index (χ1v) is 5.36. The van der Waals surface area contributed by atoms with Crippen LogP contribution in [0, 0.1) is 5.82 Å². The van der Waals surface area contributed by atoms with Crippen LogP contribution in [-0.4, -0.2) is 34.9 Å². The quantitative estimate of drug-likeness (QED) is 0.870. The number of carbonyl (C=O) groups is 1. The maximum absolute atomic E-state index is 13.0. The Hall–Kier alpha value is -1.62. The van der Waals surface area contributed by atoms with Gasteiger partial charge in [0, 0.05) is 6.54 Å². The van der Waals surface area contributed by atoms with Crippen LogP contribution < -0.4 is 0 Å². The lowest BCUT2D eigenvalue weighted by atomic mass is 10.1. The lowest BCUT2D eigenvalue weighted by molar-refractivity contribution is 0.0219. The number of carbonyl (C=O) groups excluding carboxylic acids is 1. The molecule has 1 saturated heterocycles. The number of amides is 1. The molecule has 0 spiro atoms. The van der Waals surface area contributed by atoms with E-state index in [4.69, 9.17) is 9.84 Å². The Morgan fingerprint density at radius 3 is 2.94 bits per heavy atom. The van der Waals surface area contributed by atoms with Gasteiger partial charge in [-0.05, 0) is 24.6 Å². The smallest absolute Gasteiger partial charge is 0.410 e. The van der Waals surface area contributed by atoms with Crippen molar-refractivity contribution in [2.75, 3.05) is 13.2 Å². The molecule has 0 bridgehead atoms. The third-order valence-electron chi connectivity index (χ3n) is 2.71. The minimum Gasteiger partial charge on any atom is -0.439 e. The number of nitrogens with zero attached hydrogens (tertiary/aromatic N) is 1. The first-order chi connectivity index (χ1) is 8.02. The highest BCUT2D eigenvalue weighted by atomic mass is 19.1. The SMILES string of the molecule is CC1(CO)CN(Cc2cccc(F)c2)C(=O)O1. The summed E-state index contributed by atoms with van der Waals surface area (Å²) in [5.74, 6) is -0.333. The van der Waals surface area contributed by atoms with Gasteiger partial charge in [0.05, 0.1) is 13.2 Å². The fourth-order valence-corrected chi connectivity index (χ4v) is 1.83. The number of benzene rings is 1. The number of halogens is 1. The summed E-state index contributed by atoms with van der Waals surface area (Å²) in [5, 5.41) is 9.11. The molecule has 1 aromatic rings. The van der Waals surface area contributed by atoms with E-state index in [2.05, 4.69) is 0 Å².